The van der Waals surface area contributed by atoms with Gasteiger partial charge in [0.05, 0.1) is 15.9 Å². The van der Waals surface area contributed by atoms with Crippen LogP contribution in [0.15, 0.2) is 66.7 Å². The van der Waals surface area contributed by atoms with E-state index < -0.39 is 33.2 Å². The van der Waals surface area contributed by atoms with Gasteiger partial charge in [0.15, 0.2) is 0 Å². The lowest BCUT2D eigenvalue weighted by atomic mass is 10.2. The van der Waals surface area contributed by atoms with Crippen molar-refractivity contribution in [2.75, 3.05) is 0 Å². The molecule has 3 aromatic carbocycles. The molecule has 0 bridgehead atoms. The molecular weight excluding hydrogens is 436 g/mol. The number of para-hydroxylation sites is 1. The number of nitro groups is 2. The second-order valence-electron chi connectivity index (χ2n) is 6.58. The molecule has 0 saturated heterocycles. The maximum absolute atomic E-state index is 12.4. The molecule has 3 rings (SSSR count). The van der Waals surface area contributed by atoms with Gasteiger partial charge in [-0.3, -0.25) is 25.0 Å². The van der Waals surface area contributed by atoms with Crippen LogP contribution < -0.4 is 9.47 Å². The minimum Gasteiger partial charge on any atom is -0.457 e. The Morgan fingerprint density at radius 1 is 0.879 bits per heavy atom. The fourth-order valence-corrected chi connectivity index (χ4v) is 2.73. The number of rotatable bonds is 8. The Bertz CT molecular complexity index is 1220. The number of nitro benzene ring substituents is 2. The molecule has 0 aromatic heterocycles. The quantitative estimate of drug-likeness (QED) is 0.207. The maximum Gasteiger partial charge on any atom is 0.342 e. The Hall–Kier alpha value is -4.80. The van der Waals surface area contributed by atoms with Gasteiger partial charge in [0.25, 0.3) is 5.69 Å². The first-order valence-electron chi connectivity index (χ1n) is 9.39. The molecule has 3 aromatic rings. The van der Waals surface area contributed by atoms with Crippen LogP contribution in [0.3, 0.4) is 0 Å². The first kappa shape index (κ1) is 22.9. The average molecular weight is 452 g/mol. The number of non-ortho nitro benzene ring substituents is 1. The molecule has 0 atom stereocenters. The van der Waals surface area contributed by atoms with Gasteiger partial charge in [-0.1, -0.05) is 24.3 Å². The zero-order valence-corrected chi connectivity index (χ0v) is 17.1. The van der Waals surface area contributed by atoms with Crippen molar-refractivity contribution in [2.45, 2.75) is 13.5 Å². The summed E-state index contributed by atoms with van der Waals surface area (Å²) in [6, 6.07) is 15.4. The zero-order valence-electron chi connectivity index (χ0n) is 17.1. The van der Waals surface area contributed by atoms with Crippen molar-refractivity contribution < 1.29 is 33.6 Å². The van der Waals surface area contributed by atoms with Crippen LogP contribution in [0, 0.1) is 20.2 Å². The molecular formula is C22H16N2O9. The highest BCUT2D eigenvalue weighted by Gasteiger charge is 2.21. The normalized spacial score (nSPS) is 10.2. The molecule has 33 heavy (non-hydrogen) atoms. The highest BCUT2D eigenvalue weighted by atomic mass is 16.6. The van der Waals surface area contributed by atoms with Crippen LogP contribution in [0.4, 0.5) is 11.4 Å². The molecule has 11 nitrogen and oxygen atoms in total. The Morgan fingerprint density at radius 3 is 2.21 bits per heavy atom. The third-order valence-corrected chi connectivity index (χ3v) is 4.23. The van der Waals surface area contributed by atoms with E-state index in [0.717, 1.165) is 18.2 Å². The number of esters is 2. The molecule has 0 radical (unpaired) electrons. The van der Waals surface area contributed by atoms with Crippen LogP contribution in [0.2, 0.25) is 0 Å². The SMILES string of the molecule is CC(=O)Oc1ccccc1C(=O)OCc1ccc(Oc2ccc([N+](=O)[O-])cc2[N+](=O)[O-])cc1. The molecule has 11 heteroatoms. The number of carbonyl (C=O) groups excluding carboxylic acids is 2. The third-order valence-electron chi connectivity index (χ3n) is 4.23. The molecule has 0 aliphatic heterocycles. The topological polar surface area (TPSA) is 148 Å². The Balaban J connectivity index is 1.67. The molecule has 0 saturated carbocycles. The van der Waals surface area contributed by atoms with Gasteiger partial charge in [-0.05, 0) is 35.9 Å². The van der Waals surface area contributed by atoms with Crippen molar-refractivity contribution in [3.63, 3.8) is 0 Å². The van der Waals surface area contributed by atoms with E-state index in [4.69, 9.17) is 14.2 Å². The van der Waals surface area contributed by atoms with Crippen molar-refractivity contribution in [2.24, 2.45) is 0 Å². The average Bonchev–Trinajstić information content (AvgIpc) is 2.78. The fraction of sp³-hybridized carbons (Fsp3) is 0.0909. The highest BCUT2D eigenvalue weighted by Crippen LogP contribution is 2.34. The van der Waals surface area contributed by atoms with Gasteiger partial charge in [0, 0.05) is 13.0 Å². The van der Waals surface area contributed by atoms with E-state index in [1.54, 1.807) is 24.3 Å². The summed E-state index contributed by atoms with van der Waals surface area (Å²) >= 11 is 0. The van der Waals surface area contributed by atoms with E-state index in [0.29, 0.717) is 5.56 Å². The minimum atomic E-state index is -0.774. The number of benzene rings is 3. The van der Waals surface area contributed by atoms with Crippen LogP contribution >= 0.6 is 0 Å². The van der Waals surface area contributed by atoms with E-state index in [-0.39, 0.29) is 29.4 Å². The zero-order chi connectivity index (χ0) is 24.0. The highest BCUT2D eigenvalue weighted by molar-refractivity contribution is 5.93. The molecule has 0 aliphatic carbocycles. The number of ether oxygens (including phenoxy) is 3. The summed E-state index contributed by atoms with van der Waals surface area (Å²) in [6.45, 7) is 1.13. The summed E-state index contributed by atoms with van der Waals surface area (Å²) in [5.74, 6) is -1.09. The molecule has 0 aliphatic rings. The minimum absolute atomic E-state index is 0.0865. The molecule has 0 N–H and O–H groups in total. The van der Waals surface area contributed by atoms with Crippen LogP contribution in [0.25, 0.3) is 0 Å². The van der Waals surface area contributed by atoms with E-state index >= 15 is 0 Å². The lowest BCUT2D eigenvalue weighted by Crippen LogP contribution is -2.10. The maximum atomic E-state index is 12.4. The Kier molecular flexibility index (Phi) is 6.94. The molecule has 0 heterocycles. The van der Waals surface area contributed by atoms with E-state index in [9.17, 15) is 29.8 Å². The molecule has 0 spiro atoms. The van der Waals surface area contributed by atoms with Crippen molar-refractivity contribution in [1.82, 2.24) is 0 Å². The van der Waals surface area contributed by atoms with Crippen molar-refractivity contribution in [3.8, 4) is 17.2 Å². The molecule has 0 fully saturated rings. The molecule has 0 unspecified atom stereocenters. The van der Waals surface area contributed by atoms with Gasteiger partial charge in [-0.2, -0.15) is 0 Å². The first-order chi connectivity index (χ1) is 15.7. The van der Waals surface area contributed by atoms with E-state index in [1.807, 2.05) is 0 Å². The largest absolute Gasteiger partial charge is 0.457 e. The standard InChI is InChI=1S/C22H16N2O9/c1-14(25)32-20-5-3-2-4-18(20)22(26)31-13-15-6-9-17(10-7-15)33-21-11-8-16(23(27)28)12-19(21)24(29)30/h2-12H,13H2,1H3. The number of hydrogen-bond acceptors (Lipinski definition) is 9. The molecule has 0 amide bonds. The summed E-state index contributed by atoms with van der Waals surface area (Å²) < 4.78 is 15.7. The monoisotopic (exact) mass is 452 g/mol. The van der Waals surface area contributed by atoms with Crippen molar-refractivity contribution in [3.05, 3.63) is 98.1 Å². The van der Waals surface area contributed by atoms with Crippen molar-refractivity contribution in [1.29, 1.82) is 0 Å². The van der Waals surface area contributed by atoms with Gasteiger partial charge >= 0.3 is 17.6 Å². The Labute approximate surface area is 186 Å². The van der Waals surface area contributed by atoms with Gasteiger partial charge in [0.1, 0.15) is 23.7 Å². The van der Waals surface area contributed by atoms with Gasteiger partial charge in [0.2, 0.25) is 5.75 Å². The van der Waals surface area contributed by atoms with Gasteiger partial charge < -0.3 is 14.2 Å². The second kappa shape index (κ2) is 10.0. The number of carbonyl (C=O) groups is 2. The van der Waals surface area contributed by atoms with E-state index in [2.05, 4.69) is 0 Å². The van der Waals surface area contributed by atoms with Crippen LogP contribution in [-0.2, 0) is 16.1 Å². The second-order valence-corrected chi connectivity index (χ2v) is 6.58. The smallest absolute Gasteiger partial charge is 0.342 e. The fourth-order valence-electron chi connectivity index (χ4n) is 2.73. The summed E-state index contributed by atoms with van der Waals surface area (Å²) in [7, 11) is 0. The van der Waals surface area contributed by atoms with Crippen molar-refractivity contribution >= 4 is 23.3 Å². The predicted octanol–water partition coefficient (Wildman–Crippen LogP) is 4.58. The summed E-state index contributed by atoms with van der Waals surface area (Å²) in [6.07, 6.45) is 0. The van der Waals surface area contributed by atoms with Crippen LogP contribution in [0.1, 0.15) is 22.8 Å². The van der Waals surface area contributed by atoms with Crippen LogP contribution in [0.5, 0.6) is 17.2 Å². The molecule has 168 valence electrons. The lowest BCUT2D eigenvalue weighted by Gasteiger charge is -2.10. The summed E-state index contributed by atoms with van der Waals surface area (Å²) in [5.41, 5.74) is -0.285. The summed E-state index contributed by atoms with van der Waals surface area (Å²) in [5, 5.41) is 22.0. The number of nitrogens with zero attached hydrogens (tertiary/aromatic N) is 2. The van der Waals surface area contributed by atoms with Gasteiger partial charge in [-0.15, -0.1) is 0 Å². The lowest BCUT2D eigenvalue weighted by molar-refractivity contribution is -0.394. The van der Waals surface area contributed by atoms with Gasteiger partial charge in [-0.25, -0.2) is 4.79 Å². The van der Waals surface area contributed by atoms with Crippen LogP contribution in [-0.4, -0.2) is 21.8 Å². The summed E-state index contributed by atoms with van der Waals surface area (Å²) in [4.78, 5) is 44.1. The predicted molar refractivity (Wildman–Crippen MR) is 113 cm³/mol. The number of hydrogen-bond donors (Lipinski definition) is 0. The third kappa shape index (κ3) is 5.88. The first-order valence-corrected chi connectivity index (χ1v) is 9.39. The Morgan fingerprint density at radius 2 is 1.58 bits per heavy atom. The van der Waals surface area contributed by atoms with E-state index in [1.165, 1.54) is 31.2 Å².